The number of rotatable bonds is 2. The van der Waals surface area contributed by atoms with Gasteiger partial charge in [0.25, 0.3) is 0 Å². The molecule has 4 rings (SSSR count). The number of hydrogen-bond acceptors (Lipinski definition) is 3. The van der Waals surface area contributed by atoms with Crippen LogP contribution in [0, 0.1) is 5.92 Å². The molecule has 3 atom stereocenters. The van der Waals surface area contributed by atoms with Crippen molar-refractivity contribution < 1.29 is 13.2 Å². The summed E-state index contributed by atoms with van der Waals surface area (Å²) < 4.78 is 37.2. The molecule has 0 spiro atoms. The number of piperidine rings is 1. The van der Waals surface area contributed by atoms with Gasteiger partial charge in [-0.1, -0.05) is 6.92 Å². The molecule has 0 aromatic carbocycles. The van der Waals surface area contributed by atoms with Gasteiger partial charge in [0.2, 0.25) is 0 Å². The molecule has 2 aliphatic heterocycles. The maximum absolute atomic E-state index is 12.4. The Morgan fingerprint density at radius 3 is 2.78 bits per heavy atom. The van der Waals surface area contributed by atoms with Crippen LogP contribution in [0.4, 0.5) is 13.2 Å². The second-order valence-electron chi connectivity index (χ2n) is 5.63. The molecule has 2 bridgehead atoms. The molecule has 1 saturated carbocycles. The predicted octanol–water partition coefficient (Wildman–Crippen LogP) is 1.83. The van der Waals surface area contributed by atoms with Crippen molar-refractivity contribution in [3.8, 4) is 0 Å². The standard InChI is InChI=1S/C11H15F3N4/c1-7-2-8-4-10(3-7,16-8)6-18-15-5-9(17-18)11(12,13)14/h5,7-8,16H,2-4,6H2,1H3/t7-,8-,10?/m1/s1. The van der Waals surface area contributed by atoms with Gasteiger partial charge in [-0.25, -0.2) is 0 Å². The quantitative estimate of drug-likeness (QED) is 0.882. The van der Waals surface area contributed by atoms with Gasteiger partial charge in [0.15, 0.2) is 5.69 Å². The van der Waals surface area contributed by atoms with Gasteiger partial charge in [-0.2, -0.15) is 23.1 Å². The first-order valence-corrected chi connectivity index (χ1v) is 6.11. The van der Waals surface area contributed by atoms with E-state index in [-0.39, 0.29) is 5.54 Å². The molecular weight excluding hydrogens is 245 g/mol. The summed E-state index contributed by atoms with van der Waals surface area (Å²) in [7, 11) is 0. The molecule has 1 unspecified atom stereocenters. The summed E-state index contributed by atoms with van der Waals surface area (Å²) in [6.45, 7) is 2.60. The Hall–Kier alpha value is -1.11. The largest absolute Gasteiger partial charge is 0.436 e. The maximum Gasteiger partial charge on any atom is 0.436 e. The Labute approximate surface area is 103 Å². The predicted molar refractivity (Wildman–Crippen MR) is 57.7 cm³/mol. The molecule has 100 valence electrons. The molecule has 1 N–H and O–H groups in total. The first kappa shape index (κ1) is 12.0. The van der Waals surface area contributed by atoms with E-state index in [4.69, 9.17) is 0 Å². The molecular formula is C11H15F3N4. The normalized spacial score (nSPS) is 35.3. The van der Waals surface area contributed by atoms with Crippen LogP contribution in [0.3, 0.4) is 0 Å². The van der Waals surface area contributed by atoms with Gasteiger partial charge in [-0.15, -0.1) is 5.10 Å². The molecule has 4 nitrogen and oxygen atoms in total. The lowest BCUT2D eigenvalue weighted by Gasteiger charge is -2.55. The summed E-state index contributed by atoms with van der Waals surface area (Å²) in [4.78, 5) is 1.17. The zero-order chi connectivity index (χ0) is 13.0. The number of fused-ring (bicyclic) bond motifs is 2. The molecule has 1 aliphatic carbocycles. The Morgan fingerprint density at radius 2 is 2.22 bits per heavy atom. The molecule has 2 saturated heterocycles. The highest BCUT2D eigenvalue weighted by molar-refractivity contribution is 5.08. The molecule has 1 aromatic rings. The van der Waals surface area contributed by atoms with Crippen LogP contribution in [0.5, 0.6) is 0 Å². The van der Waals surface area contributed by atoms with Crippen LogP contribution in [-0.2, 0) is 12.7 Å². The topological polar surface area (TPSA) is 42.7 Å². The Morgan fingerprint density at radius 1 is 1.50 bits per heavy atom. The Balaban J connectivity index is 1.72. The fraction of sp³-hybridized carbons (Fsp3) is 0.818. The molecule has 7 heteroatoms. The van der Waals surface area contributed by atoms with E-state index in [2.05, 4.69) is 22.4 Å². The van der Waals surface area contributed by atoms with E-state index < -0.39 is 11.9 Å². The van der Waals surface area contributed by atoms with E-state index in [9.17, 15) is 13.2 Å². The van der Waals surface area contributed by atoms with Gasteiger partial charge in [-0.05, 0) is 25.2 Å². The van der Waals surface area contributed by atoms with Crippen LogP contribution in [0.15, 0.2) is 6.20 Å². The fourth-order valence-corrected chi connectivity index (χ4v) is 3.35. The molecule has 0 radical (unpaired) electrons. The van der Waals surface area contributed by atoms with Crippen molar-refractivity contribution in [3.05, 3.63) is 11.9 Å². The van der Waals surface area contributed by atoms with Crippen molar-refractivity contribution in [3.63, 3.8) is 0 Å². The van der Waals surface area contributed by atoms with Gasteiger partial charge in [0.1, 0.15) is 0 Å². The van der Waals surface area contributed by atoms with Gasteiger partial charge in [0, 0.05) is 11.6 Å². The highest BCUT2D eigenvalue weighted by Crippen LogP contribution is 2.42. The molecule has 3 aliphatic rings. The first-order valence-electron chi connectivity index (χ1n) is 6.11. The monoisotopic (exact) mass is 260 g/mol. The highest BCUT2D eigenvalue weighted by atomic mass is 19.4. The average Bonchev–Trinajstić information content (AvgIpc) is 2.62. The third-order valence-corrected chi connectivity index (χ3v) is 3.84. The Kier molecular flexibility index (Phi) is 2.45. The second-order valence-corrected chi connectivity index (χ2v) is 5.63. The van der Waals surface area contributed by atoms with Crippen LogP contribution in [-0.4, -0.2) is 26.6 Å². The molecule has 0 amide bonds. The van der Waals surface area contributed by atoms with Crippen LogP contribution in [0.1, 0.15) is 31.9 Å². The number of alkyl halides is 3. The number of hydrogen-bond donors (Lipinski definition) is 1. The minimum Gasteiger partial charge on any atom is -0.307 e. The Bertz CT molecular complexity index is 447. The second kappa shape index (κ2) is 3.69. The molecule has 1 aromatic heterocycles. The van der Waals surface area contributed by atoms with Crippen molar-refractivity contribution in [2.75, 3.05) is 0 Å². The molecule has 3 heterocycles. The van der Waals surface area contributed by atoms with E-state index in [1.165, 1.54) is 4.80 Å². The SMILES string of the molecule is C[C@@H]1C[C@@H]2CC(Cn3ncc(C(F)(F)F)n3)(C1)N2. The van der Waals surface area contributed by atoms with Crippen LogP contribution in [0.25, 0.3) is 0 Å². The number of nitrogens with one attached hydrogen (secondary N) is 1. The lowest BCUT2D eigenvalue weighted by Crippen LogP contribution is -2.69. The average molecular weight is 260 g/mol. The van der Waals surface area contributed by atoms with E-state index >= 15 is 0 Å². The van der Waals surface area contributed by atoms with Gasteiger partial charge in [0.05, 0.1) is 12.7 Å². The third-order valence-electron chi connectivity index (χ3n) is 3.84. The minimum absolute atomic E-state index is 0.0930. The summed E-state index contributed by atoms with van der Waals surface area (Å²) in [5.74, 6) is 0.614. The number of halogens is 3. The zero-order valence-corrected chi connectivity index (χ0v) is 10.0. The third kappa shape index (κ3) is 2.00. The van der Waals surface area contributed by atoms with Crippen molar-refractivity contribution >= 4 is 0 Å². The van der Waals surface area contributed by atoms with Gasteiger partial charge < -0.3 is 5.32 Å². The maximum atomic E-state index is 12.4. The van der Waals surface area contributed by atoms with Crippen LogP contribution in [0.2, 0.25) is 0 Å². The van der Waals surface area contributed by atoms with E-state index in [0.29, 0.717) is 18.5 Å². The number of aromatic nitrogens is 3. The summed E-state index contributed by atoms with van der Waals surface area (Å²) in [5.41, 5.74) is -1.01. The highest BCUT2D eigenvalue weighted by Gasteiger charge is 2.49. The number of nitrogens with zero attached hydrogens (tertiary/aromatic N) is 3. The zero-order valence-electron chi connectivity index (χ0n) is 10.0. The summed E-state index contributed by atoms with van der Waals surface area (Å²) in [6.07, 6.45) is -0.473. The molecule has 18 heavy (non-hydrogen) atoms. The lowest BCUT2D eigenvalue weighted by atomic mass is 9.66. The summed E-state index contributed by atoms with van der Waals surface area (Å²) >= 11 is 0. The lowest BCUT2D eigenvalue weighted by molar-refractivity contribution is -0.141. The van der Waals surface area contributed by atoms with Crippen molar-refractivity contribution in [2.24, 2.45) is 5.92 Å². The summed E-state index contributed by atoms with van der Waals surface area (Å²) in [5, 5.41) is 10.7. The summed E-state index contributed by atoms with van der Waals surface area (Å²) in [6, 6.07) is 0.520. The van der Waals surface area contributed by atoms with Gasteiger partial charge >= 0.3 is 6.18 Å². The van der Waals surface area contributed by atoms with Crippen molar-refractivity contribution in [2.45, 2.75) is 50.5 Å². The van der Waals surface area contributed by atoms with Crippen molar-refractivity contribution in [1.29, 1.82) is 0 Å². The van der Waals surface area contributed by atoms with Gasteiger partial charge in [-0.3, -0.25) is 0 Å². The first-order chi connectivity index (χ1) is 8.36. The minimum atomic E-state index is -4.41. The van der Waals surface area contributed by atoms with Crippen LogP contribution < -0.4 is 5.32 Å². The van der Waals surface area contributed by atoms with E-state index in [1.54, 1.807) is 0 Å². The smallest absolute Gasteiger partial charge is 0.307 e. The van der Waals surface area contributed by atoms with Crippen LogP contribution >= 0.6 is 0 Å². The van der Waals surface area contributed by atoms with Crippen molar-refractivity contribution in [1.82, 2.24) is 20.3 Å². The molecule has 3 fully saturated rings. The van der Waals surface area contributed by atoms with E-state index in [1.807, 2.05) is 0 Å². The van der Waals surface area contributed by atoms with E-state index in [0.717, 1.165) is 25.5 Å². The fourth-order valence-electron chi connectivity index (χ4n) is 3.35.